The van der Waals surface area contributed by atoms with Crippen molar-refractivity contribution in [1.82, 2.24) is 4.90 Å². The lowest BCUT2D eigenvalue weighted by atomic mass is 9.84. The number of rotatable bonds is 44. The number of esters is 6. The third-order valence-electron chi connectivity index (χ3n) is 13.9. The van der Waals surface area contributed by atoms with Crippen LogP contribution >= 0.6 is 0 Å². The van der Waals surface area contributed by atoms with E-state index in [-0.39, 0.29) is 155 Å². The number of nitrogens with zero attached hydrogens (tertiary/aromatic N) is 1. The predicted octanol–water partition coefficient (Wildman–Crippen LogP) is 13.2. The molecule has 0 amide bonds. The number of carbonyl (C=O) groups is 7. The maximum Gasteiger partial charge on any atom is 0.306 e. The van der Waals surface area contributed by atoms with Gasteiger partial charge in [-0.25, -0.2) is 0 Å². The second-order valence-corrected chi connectivity index (χ2v) is 26.0. The summed E-state index contributed by atoms with van der Waals surface area (Å²) in [6.45, 7) is 28.1. The molecule has 0 saturated heterocycles. The zero-order valence-electron chi connectivity index (χ0n) is 50.0. The van der Waals surface area contributed by atoms with E-state index in [0.29, 0.717) is 12.8 Å². The van der Waals surface area contributed by atoms with E-state index in [1.165, 1.54) is 0 Å². The quantitative estimate of drug-likeness (QED) is 0.0416. The average Bonchev–Trinajstić information content (AvgIpc) is 3.30. The summed E-state index contributed by atoms with van der Waals surface area (Å²) in [5, 5.41) is 0. The van der Waals surface area contributed by atoms with E-state index < -0.39 is 22.8 Å². The van der Waals surface area contributed by atoms with E-state index in [0.717, 1.165) is 83.6 Å². The van der Waals surface area contributed by atoms with Crippen LogP contribution in [0.25, 0.3) is 0 Å². The van der Waals surface area contributed by atoms with Crippen molar-refractivity contribution in [1.29, 1.82) is 0 Å². The number of Topliss-reactive ketones (excluding diaryl/α,β-unsaturated/α-hetero) is 1. The topological polar surface area (TPSA) is 178 Å². The van der Waals surface area contributed by atoms with Crippen LogP contribution in [0.2, 0.25) is 0 Å². The van der Waals surface area contributed by atoms with Gasteiger partial charge in [-0.3, -0.25) is 33.6 Å². The highest BCUT2D eigenvalue weighted by Crippen LogP contribution is 2.33. The lowest BCUT2D eigenvalue weighted by Crippen LogP contribution is -2.37. The van der Waals surface area contributed by atoms with Gasteiger partial charge in [0, 0.05) is 25.7 Å². The zero-order valence-corrected chi connectivity index (χ0v) is 50.0. The molecule has 0 unspecified atom stereocenters. The fraction of sp³-hybridized carbons (Fsp3) is 0.883. The molecule has 0 aromatic carbocycles. The Balaban J connectivity index is 6.14. The number of ketones is 1. The van der Waals surface area contributed by atoms with Gasteiger partial charge in [-0.15, -0.1) is 0 Å². The first-order chi connectivity index (χ1) is 34.3. The van der Waals surface area contributed by atoms with Crippen molar-refractivity contribution in [3.05, 3.63) is 0 Å². The van der Waals surface area contributed by atoms with Crippen molar-refractivity contribution >= 4 is 41.6 Å². The Kier molecular flexibility index (Phi) is 34.0. The number of carbonyl (C=O) groups excluding carboxylic acids is 7. The summed E-state index contributed by atoms with van der Waals surface area (Å²) in [6.07, 6.45) is 14.0. The molecular formula is C60H109NO13. The van der Waals surface area contributed by atoms with Gasteiger partial charge in [0.15, 0.2) is 0 Å². The molecule has 0 aromatic heterocycles. The van der Waals surface area contributed by atoms with Crippen LogP contribution in [-0.2, 0) is 62.0 Å². The minimum atomic E-state index is -1.03. The van der Waals surface area contributed by atoms with Crippen LogP contribution in [-0.4, -0.2) is 107 Å². The van der Waals surface area contributed by atoms with E-state index in [4.69, 9.17) is 28.4 Å². The highest BCUT2D eigenvalue weighted by Gasteiger charge is 2.35. The van der Waals surface area contributed by atoms with E-state index in [2.05, 4.69) is 27.7 Å². The summed E-state index contributed by atoms with van der Waals surface area (Å²) in [5.74, 6) is -2.90. The number of ether oxygens (including phenoxy) is 6. The van der Waals surface area contributed by atoms with Gasteiger partial charge >= 0.3 is 35.8 Å². The van der Waals surface area contributed by atoms with Gasteiger partial charge < -0.3 is 33.3 Å². The summed E-state index contributed by atoms with van der Waals surface area (Å²) in [6, 6.07) is 0. The van der Waals surface area contributed by atoms with Crippen LogP contribution in [0, 0.1) is 38.4 Å². The van der Waals surface area contributed by atoms with Crippen molar-refractivity contribution in [3.63, 3.8) is 0 Å². The number of unbranched alkanes of at least 4 members (excludes halogenated alkanes) is 4. The van der Waals surface area contributed by atoms with Gasteiger partial charge in [0.2, 0.25) is 0 Å². The molecule has 0 fully saturated rings. The molecule has 432 valence electrons. The maximum atomic E-state index is 13.5. The molecule has 0 rings (SSSR count). The highest BCUT2D eigenvalue weighted by atomic mass is 16.6. The minimum absolute atomic E-state index is 0.0254. The Bertz CT molecular complexity index is 1480. The van der Waals surface area contributed by atoms with Crippen LogP contribution in [0.1, 0.15) is 245 Å². The molecule has 0 spiro atoms. The van der Waals surface area contributed by atoms with Gasteiger partial charge in [-0.2, -0.15) is 0 Å². The molecule has 0 aliphatic rings. The Hall–Kier alpha value is -3.55. The number of hydrogen-bond acceptors (Lipinski definition) is 14. The summed E-state index contributed by atoms with van der Waals surface area (Å²) in [7, 11) is 3.88. The summed E-state index contributed by atoms with van der Waals surface area (Å²) < 4.78 is 34.8. The summed E-state index contributed by atoms with van der Waals surface area (Å²) >= 11 is 0. The second-order valence-electron chi connectivity index (χ2n) is 26.0. The molecule has 0 saturated carbocycles. The van der Waals surface area contributed by atoms with Gasteiger partial charge in [0.25, 0.3) is 0 Å². The van der Waals surface area contributed by atoms with Crippen LogP contribution in [0.3, 0.4) is 0 Å². The minimum Gasteiger partial charge on any atom is -0.465 e. The fourth-order valence-electron chi connectivity index (χ4n) is 8.67. The Morgan fingerprint density at radius 1 is 0.378 bits per heavy atom. The Morgan fingerprint density at radius 3 is 0.878 bits per heavy atom. The normalized spacial score (nSPS) is 12.7. The van der Waals surface area contributed by atoms with E-state index in [9.17, 15) is 33.6 Å². The lowest BCUT2D eigenvalue weighted by molar-refractivity contribution is -0.164. The summed E-state index contributed by atoms with van der Waals surface area (Å²) in [5.41, 5.74) is -3.08. The molecule has 0 atom stereocenters. The van der Waals surface area contributed by atoms with Crippen molar-refractivity contribution in [3.8, 4) is 0 Å². The van der Waals surface area contributed by atoms with Crippen LogP contribution < -0.4 is 0 Å². The van der Waals surface area contributed by atoms with E-state index in [1.807, 2.05) is 74.4 Å². The van der Waals surface area contributed by atoms with Gasteiger partial charge in [-0.1, -0.05) is 134 Å². The van der Waals surface area contributed by atoms with Gasteiger partial charge in [-0.05, 0) is 107 Å². The highest BCUT2D eigenvalue weighted by molar-refractivity contribution is 5.79. The smallest absolute Gasteiger partial charge is 0.306 e. The first kappa shape index (κ1) is 70.5. The first-order valence-electron chi connectivity index (χ1n) is 28.4. The maximum absolute atomic E-state index is 13.5. The molecule has 74 heavy (non-hydrogen) atoms. The average molecular weight is 1050 g/mol. The molecule has 0 bridgehead atoms. The third kappa shape index (κ3) is 36.4. The van der Waals surface area contributed by atoms with Crippen molar-refractivity contribution in [2.45, 2.75) is 245 Å². The van der Waals surface area contributed by atoms with Crippen molar-refractivity contribution in [2.75, 3.05) is 60.3 Å². The van der Waals surface area contributed by atoms with E-state index in [1.54, 1.807) is 13.8 Å². The van der Waals surface area contributed by atoms with Crippen molar-refractivity contribution in [2.24, 2.45) is 38.4 Å². The van der Waals surface area contributed by atoms with E-state index >= 15 is 0 Å². The fourth-order valence-corrected chi connectivity index (χ4v) is 8.67. The predicted molar refractivity (Wildman–Crippen MR) is 293 cm³/mol. The SMILES string of the molecule is CCCCC(C)(C)CC(=O)OCC(C)(COC(=O)CCC(CCC(=O)OCC(C)(COC(=O)CC(C)(C)CCCC)COC(=O)CC(C)(C)CCCC)CC(=O)CCCN(C)C)COC(=O)CC(C)(C)CCCC. The Morgan fingerprint density at radius 2 is 0.635 bits per heavy atom. The molecule has 0 aliphatic carbocycles. The monoisotopic (exact) mass is 1050 g/mol. The zero-order chi connectivity index (χ0) is 56.7. The second kappa shape index (κ2) is 35.7. The summed E-state index contributed by atoms with van der Waals surface area (Å²) in [4.78, 5) is 94.7. The first-order valence-corrected chi connectivity index (χ1v) is 28.4. The van der Waals surface area contributed by atoms with Gasteiger partial charge in [0.1, 0.15) is 45.4 Å². The molecule has 0 aromatic rings. The standard InChI is InChI=1S/C60H109NO13/c1-17-21-31-55(5,6)37-51(65)71-43-59(13,44-72-52(66)38-56(7,8)32-22-18-2)41-69-49(63)29-27-47(36-48(62)26-25-35-61(15)16)28-30-50(64)70-42-60(14,45-73-53(67)39-57(9,10)33-23-19-3)46-74-54(68)40-58(11,12)34-24-20-4/h47H,17-46H2,1-16H3. The molecular weight excluding hydrogens is 943 g/mol. The lowest BCUT2D eigenvalue weighted by Gasteiger charge is -2.30. The van der Waals surface area contributed by atoms with Gasteiger partial charge in [0.05, 0.1) is 36.5 Å². The molecule has 0 radical (unpaired) electrons. The largest absolute Gasteiger partial charge is 0.465 e. The third-order valence-corrected chi connectivity index (χ3v) is 13.9. The van der Waals surface area contributed by atoms with Crippen molar-refractivity contribution < 1.29 is 62.0 Å². The molecule has 0 heterocycles. The number of hydrogen-bond donors (Lipinski definition) is 0. The molecule has 14 nitrogen and oxygen atoms in total. The molecule has 0 aliphatic heterocycles. The molecule has 14 heteroatoms. The Labute approximate surface area is 450 Å². The van der Waals surface area contributed by atoms with Crippen LogP contribution in [0.4, 0.5) is 0 Å². The van der Waals surface area contributed by atoms with Crippen LogP contribution in [0.15, 0.2) is 0 Å². The van der Waals surface area contributed by atoms with Crippen LogP contribution in [0.5, 0.6) is 0 Å². The molecule has 0 N–H and O–H groups in total.